The van der Waals surface area contributed by atoms with Crippen molar-refractivity contribution in [2.45, 2.75) is 17.6 Å². The molecule has 1 atom stereocenters. The van der Waals surface area contributed by atoms with E-state index in [2.05, 4.69) is 15.3 Å². The third kappa shape index (κ3) is 3.94. The largest absolute Gasteiger partial charge is 0.495 e. The van der Waals surface area contributed by atoms with E-state index in [4.69, 9.17) is 9.15 Å². The van der Waals surface area contributed by atoms with E-state index in [0.29, 0.717) is 17.3 Å². The fraction of sp³-hybridized carbons (Fsp3) is 0.182. The van der Waals surface area contributed by atoms with Gasteiger partial charge in [0.05, 0.1) is 35.4 Å². The Bertz CT molecular complexity index is 1230. The summed E-state index contributed by atoms with van der Waals surface area (Å²) in [5.41, 5.74) is 1.69. The van der Waals surface area contributed by atoms with Crippen LogP contribution in [0.1, 0.15) is 23.1 Å². The van der Waals surface area contributed by atoms with E-state index in [1.807, 2.05) is 58.5 Å². The number of amides is 1. The van der Waals surface area contributed by atoms with Crippen LogP contribution in [0.2, 0.25) is 0 Å². The molecular formula is C22H19N5O3S2. The molecule has 0 bridgehead atoms. The quantitative estimate of drug-likeness (QED) is 0.376. The van der Waals surface area contributed by atoms with E-state index in [1.54, 1.807) is 31.0 Å². The third-order valence-corrected chi connectivity index (χ3v) is 6.88. The molecule has 1 amide bonds. The molecule has 0 unspecified atom stereocenters. The molecule has 5 rings (SSSR count). The zero-order valence-electron chi connectivity index (χ0n) is 17.1. The van der Waals surface area contributed by atoms with Crippen molar-refractivity contribution in [3.63, 3.8) is 0 Å². The normalized spacial score (nSPS) is 15.7. The lowest BCUT2D eigenvalue weighted by Gasteiger charge is -2.19. The molecule has 0 spiro atoms. The Morgan fingerprint density at radius 3 is 2.94 bits per heavy atom. The van der Waals surface area contributed by atoms with Crippen molar-refractivity contribution in [1.82, 2.24) is 19.8 Å². The van der Waals surface area contributed by atoms with Gasteiger partial charge in [-0.05, 0) is 35.7 Å². The van der Waals surface area contributed by atoms with Crippen LogP contribution in [0.3, 0.4) is 0 Å². The Morgan fingerprint density at radius 2 is 2.16 bits per heavy atom. The van der Waals surface area contributed by atoms with E-state index in [-0.39, 0.29) is 17.7 Å². The van der Waals surface area contributed by atoms with Gasteiger partial charge in [0.15, 0.2) is 5.16 Å². The number of carbonyl (C=O) groups is 1. The lowest BCUT2D eigenvalue weighted by Crippen LogP contribution is -2.28. The van der Waals surface area contributed by atoms with Gasteiger partial charge >= 0.3 is 0 Å². The summed E-state index contributed by atoms with van der Waals surface area (Å²) in [6, 6.07) is 15.0. The first-order chi connectivity index (χ1) is 15.7. The number of rotatable bonds is 7. The summed E-state index contributed by atoms with van der Waals surface area (Å²) in [6.45, 7) is 0. The van der Waals surface area contributed by atoms with Crippen LogP contribution in [-0.2, 0) is 4.79 Å². The molecule has 0 saturated carbocycles. The van der Waals surface area contributed by atoms with Crippen molar-refractivity contribution in [2.75, 3.05) is 12.9 Å². The van der Waals surface area contributed by atoms with Crippen molar-refractivity contribution in [1.29, 1.82) is 0 Å². The highest BCUT2D eigenvalue weighted by atomic mass is 32.2. The second-order valence-electron chi connectivity index (χ2n) is 6.94. The minimum atomic E-state index is -0.262. The summed E-state index contributed by atoms with van der Waals surface area (Å²) in [4.78, 5) is 14.3. The molecular weight excluding hydrogens is 446 g/mol. The number of benzene rings is 1. The van der Waals surface area contributed by atoms with E-state index in [0.717, 1.165) is 22.0 Å². The summed E-state index contributed by atoms with van der Waals surface area (Å²) in [5.74, 6) is 1.45. The number of hydrazone groups is 1. The Hall–Kier alpha value is -3.37. The van der Waals surface area contributed by atoms with Gasteiger partial charge in [0.1, 0.15) is 23.9 Å². The van der Waals surface area contributed by atoms with Crippen LogP contribution in [0.5, 0.6) is 5.75 Å². The summed E-state index contributed by atoms with van der Waals surface area (Å²) in [6.07, 6.45) is 3.84. The van der Waals surface area contributed by atoms with Crippen molar-refractivity contribution in [2.24, 2.45) is 5.10 Å². The van der Waals surface area contributed by atoms with Crippen LogP contribution in [-0.4, -0.2) is 44.3 Å². The van der Waals surface area contributed by atoms with Gasteiger partial charge in [0.2, 0.25) is 0 Å². The monoisotopic (exact) mass is 465 g/mol. The standard InChI is InChI=1S/C22H19N5O3S2/c1-29-18-7-3-2-6-16(18)26-14-23-24-22(26)32-13-21(28)27-17(19-8-4-10-30-19)12-15(25-27)20-9-5-11-31-20/h2-11,14,17H,12-13H2,1H3/t17-/m1/s1. The minimum absolute atomic E-state index is 0.127. The molecule has 10 heteroatoms. The van der Waals surface area contributed by atoms with E-state index in [1.165, 1.54) is 16.8 Å². The van der Waals surface area contributed by atoms with Crippen LogP contribution in [0, 0.1) is 0 Å². The minimum Gasteiger partial charge on any atom is -0.495 e. The molecule has 0 saturated heterocycles. The highest BCUT2D eigenvalue weighted by Crippen LogP contribution is 2.35. The van der Waals surface area contributed by atoms with Crippen LogP contribution in [0.15, 0.2) is 81.2 Å². The maximum absolute atomic E-state index is 13.2. The molecule has 4 heterocycles. The number of para-hydroxylation sites is 2. The zero-order chi connectivity index (χ0) is 21.9. The first kappa shape index (κ1) is 20.5. The molecule has 1 aliphatic heterocycles. The summed E-state index contributed by atoms with van der Waals surface area (Å²) in [7, 11) is 1.62. The highest BCUT2D eigenvalue weighted by molar-refractivity contribution is 7.99. The predicted molar refractivity (Wildman–Crippen MR) is 122 cm³/mol. The topological polar surface area (TPSA) is 85.8 Å². The number of thioether (sulfide) groups is 1. The van der Waals surface area contributed by atoms with E-state index >= 15 is 0 Å². The Labute approximate surface area is 192 Å². The van der Waals surface area contributed by atoms with Crippen LogP contribution < -0.4 is 4.74 Å². The van der Waals surface area contributed by atoms with Crippen molar-refractivity contribution >= 4 is 34.7 Å². The number of furan rings is 1. The molecule has 8 nitrogen and oxygen atoms in total. The fourth-order valence-corrected chi connectivity index (χ4v) is 5.04. The number of carbonyl (C=O) groups excluding carboxylic acids is 1. The molecule has 0 fully saturated rings. The van der Waals surface area contributed by atoms with Gasteiger partial charge in [-0.3, -0.25) is 9.36 Å². The summed E-state index contributed by atoms with van der Waals surface area (Å²) >= 11 is 2.92. The average Bonchev–Trinajstić information content (AvgIpc) is 3.63. The second-order valence-corrected chi connectivity index (χ2v) is 8.83. The predicted octanol–water partition coefficient (Wildman–Crippen LogP) is 4.40. The molecule has 3 aromatic heterocycles. The number of hydrogen-bond acceptors (Lipinski definition) is 8. The maximum Gasteiger partial charge on any atom is 0.253 e. The average molecular weight is 466 g/mol. The Balaban J connectivity index is 1.36. The van der Waals surface area contributed by atoms with Crippen LogP contribution in [0.4, 0.5) is 0 Å². The highest BCUT2D eigenvalue weighted by Gasteiger charge is 2.35. The second kappa shape index (κ2) is 9.01. The maximum atomic E-state index is 13.2. The number of ether oxygens (including phenoxy) is 1. The molecule has 162 valence electrons. The SMILES string of the molecule is COc1ccccc1-n1cnnc1SCC(=O)N1N=C(c2cccs2)C[C@@H]1c1ccco1. The van der Waals surface area contributed by atoms with Crippen LogP contribution >= 0.6 is 23.1 Å². The lowest BCUT2D eigenvalue weighted by molar-refractivity contribution is -0.130. The molecule has 0 aliphatic carbocycles. The zero-order valence-corrected chi connectivity index (χ0v) is 18.8. The van der Waals surface area contributed by atoms with Gasteiger partial charge in [-0.1, -0.05) is 30.0 Å². The number of aromatic nitrogens is 3. The van der Waals surface area contributed by atoms with Crippen molar-refractivity contribution < 1.29 is 13.9 Å². The number of methoxy groups -OCH3 is 1. The molecule has 4 aromatic rings. The lowest BCUT2D eigenvalue weighted by atomic mass is 10.1. The van der Waals surface area contributed by atoms with Crippen molar-refractivity contribution in [3.8, 4) is 11.4 Å². The fourth-order valence-electron chi connectivity index (χ4n) is 3.54. The number of thiophene rings is 1. The molecule has 1 aliphatic rings. The smallest absolute Gasteiger partial charge is 0.253 e. The van der Waals surface area contributed by atoms with E-state index in [9.17, 15) is 4.79 Å². The summed E-state index contributed by atoms with van der Waals surface area (Å²) in [5, 5.41) is 17.0. The molecule has 0 N–H and O–H groups in total. The molecule has 1 aromatic carbocycles. The van der Waals surface area contributed by atoms with Gasteiger partial charge < -0.3 is 9.15 Å². The van der Waals surface area contributed by atoms with Gasteiger partial charge in [0.25, 0.3) is 5.91 Å². The van der Waals surface area contributed by atoms with E-state index < -0.39 is 0 Å². The van der Waals surface area contributed by atoms with Gasteiger partial charge in [-0.15, -0.1) is 21.5 Å². The first-order valence-corrected chi connectivity index (χ1v) is 11.7. The Kier molecular flexibility index (Phi) is 5.78. The van der Waals surface area contributed by atoms with Gasteiger partial charge in [-0.25, -0.2) is 5.01 Å². The van der Waals surface area contributed by atoms with Gasteiger partial charge in [-0.2, -0.15) is 5.10 Å². The molecule has 32 heavy (non-hydrogen) atoms. The third-order valence-electron chi connectivity index (χ3n) is 5.03. The summed E-state index contributed by atoms with van der Waals surface area (Å²) < 4.78 is 12.9. The first-order valence-electron chi connectivity index (χ1n) is 9.87. The number of hydrogen-bond donors (Lipinski definition) is 0. The Morgan fingerprint density at radius 1 is 1.25 bits per heavy atom. The van der Waals surface area contributed by atoms with Gasteiger partial charge in [0, 0.05) is 6.42 Å². The van der Waals surface area contributed by atoms with Crippen molar-refractivity contribution in [3.05, 3.63) is 77.1 Å². The van der Waals surface area contributed by atoms with Crippen LogP contribution in [0.25, 0.3) is 5.69 Å². The number of nitrogens with zero attached hydrogens (tertiary/aromatic N) is 5. The molecule has 0 radical (unpaired) electrons.